The van der Waals surface area contributed by atoms with Crippen LogP contribution in [0.1, 0.15) is 5.56 Å². The van der Waals surface area contributed by atoms with Crippen LogP contribution in [0.25, 0.3) is 0 Å². The number of halogens is 2. The molecule has 0 bridgehead atoms. The second-order valence-electron chi connectivity index (χ2n) is 3.20. The first kappa shape index (κ1) is 10.1. The van der Waals surface area contributed by atoms with Crippen molar-refractivity contribution in [2.24, 2.45) is 0 Å². The summed E-state index contributed by atoms with van der Waals surface area (Å²) in [6.07, 6.45) is 3.73. The van der Waals surface area contributed by atoms with Gasteiger partial charge in [-0.1, -0.05) is 11.6 Å². The van der Waals surface area contributed by atoms with Crippen LogP contribution in [0.4, 0.5) is 10.1 Å². The third-order valence-electron chi connectivity index (χ3n) is 2.08. The minimum Gasteiger partial charge on any atom is -0.381 e. The van der Waals surface area contributed by atoms with Crippen LogP contribution in [-0.4, -0.2) is 4.98 Å². The molecule has 15 heavy (non-hydrogen) atoms. The van der Waals surface area contributed by atoms with E-state index in [1.807, 2.05) is 18.5 Å². The molecule has 78 valence electrons. The first-order valence-corrected chi connectivity index (χ1v) is 4.94. The average molecular weight is 225 g/mol. The number of hydrogen-bond acceptors (Lipinski definition) is 1. The SMILES string of the molecule is Fc1cc(NCc2cc[nH]c2)ccc1Cl. The fourth-order valence-corrected chi connectivity index (χ4v) is 1.40. The van der Waals surface area contributed by atoms with E-state index in [4.69, 9.17) is 11.6 Å². The lowest BCUT2D eigenvalue weighted by Gasteiger charge is -2.05. The van der Waals surface area contributed by atoms with E-state index < -0.39 is 5.82 Å². The summed E-state index contributed by atoms with van der Waals surface area (Å²) >= 11 is 5.57. The Morgan fingerprint density at radius 2 is 2.20 bits per heavy atom. The molecule has 2 nitrogen and oxygen atoms in total. The molecule has 0 spiro atoms. The molecule has 2 N–H and O–H groups in total. The third-order valence-corrected chi connectivity index (χ3v) is 2.39. The van der Waals surface area contributed by atoms with Crippen LogP contribution in [0.15, 0.2) is 36.7 Å². The number of rotatable bonds is 3. The molecular formula is C11H10ClFN2. The molecule has 0 fully saturated rings. The van der Waals surface area contributed by atoms with Crippen LogP contribution < -0.4 is 5.32 Å². The lowest BCUT2D eigenvalue weighted by molar-refractivity contribution is 0.628. The van der Waals surface area contributed by atoms with Crippen LogP contribution in [0.3, 0.4) is 0 Å². The maximum Gasteiger partial charge on any atom is 0.143 e. The molecule has 2 aromatic rings. The van der Waals surface area contributed by atoms with Crippen LogP contribution in [0.2, 0.25) is 5.02 Å². The summed E-state index contributed by atoms with van der Waals surface area (Å²) < 4.78 is 13.1. The zero-order chi connectivity index (χ0) is 10.7. The van der Waals surface area contributed by atoms with Crippen LogP contribution >= 0.6 is 11.6 Å². The van der Waals surface area contributed by atoms with Crippen molar-refractivity contribution >= 4 is 17.3 Å². The largest absolute Gasteiger partial charge is 0.381 e. The van der Waals surface area contributed by atoms with E-state index in [9.17, 15) is 4.39 Å². The van der Waals surface area contributed by atoms with Gasteiger partial charge in [0.15, 0.2) is 0 Å². The normalized spacial score (nSPS) is 10.3. The zero-order valence-electron chi connectivity index (χ0n) is 7.93. The number of aromatic amines is 1. The van der Waals surface area contributed by atoms with Crippen LogP contribution in [0.5, 0.6) is 0 Å². The molecule has 0 saturated carbocycles. The molecule has 1 aromatic heterocycles. The maximum absolute atomic E-state index is 13.1. The quantitative estimate of drug-likeness (QED) is 0.822. The van der Waals surface area contributed by atoms with Crippen molar-refractivity contribution in [3.05, 3.63) is 53.1 Å². The number of nitrogens with one attached hydrogen (secondary N) is 2. The Kier molecular flexibility index (Phi) is 2.92. The molecule has 0 aliphatic rings. The Hall–Kier alpha value is -1.48. The van der Waals surface area contributed by atoms with Gasteiger partial charge in [0.05, 0.1) is 5.02 Å². The van der Waals surface area contributed by atoms with E-state index in [1.54, 1.807) is 6.07 Å². The highest BCUT2D eigenvalue weighted by Crippen LogP contribution is 2.19. The minimum atomic E-state index is -0.407. The van der Waals surface area contributed by atoms with Gasteiger partial charge in [-0.2, -0.15) is 0 Å². The molecule has 0 radical (unpaired) electrons. The third kappa shape index (κ3) is 2.50. The number of benzene rings is 1. The van der Waals surface area contributed by atoms with Gasteiger partial charge in [-0.05, 0) is 29.8 Å². The molecule has 4 heteroatoms. The van der Waals surface area contributed by atoms with E-state index in [2.05, 4.69) is 10.3 Å². The summed E-state index contributed by atoms with van der Waals surface area (Å²) in [7, 11) is 0. The minimum absolute atomic E-state index is 0.141. The van der Waals surface area contributed by atoms with Crippen molar-refractivity contribution in [3.63, 3.8) is 0 Å². The van der Waals surface area contributed by atoms with Gasteiger partial charge in [0.2, 0.25) is 0 Å². The Bertz CT molecular complexity index is 440. The molecule has 2 rings (SSSR count). The van der Waals surface area contributed by atoms with Crippen LogP contribution in [-0.2, 0) is 6.54 Å². The predicted octanol–water partition coefficient (Wildman–Crippen LogP) is 3.42. The van der Waals surface area contributed by atoms with Gasteiger partial charge in [-0.25, -0.2) is 4.39 Å². The summed E-state index contributed by atoms with van der Waals surface area (Å²) in [6, 6.07) is 6.63. The highest BCUT2D eigenvalue weighted by Gasteiger charge is 2.00. The van der Waals surface area contributed by atoms with E-state index in [0.717, 1.165) is 11.3 Å². The second-order valence-corrected chi connectivity index (χ2v) is 3.61. The number of H-pyrrole nitrogens is 1. The summed E-state index contributed by atoms with van der Waals surface area (Å²) in [5.74, 6) is -0.407. The summed E-state index contributed by atoms with van der Waals surface area (Å²) in [6.45, 7) is 0.657. The Balaban J connectivity index is 2.02. The van der Waals surface area contributed by atoms with E-state index in [0.29, 0.717) is 6.54 Å². The van der Waals surface area contributed by atoms with Crippen molar-refractivity contribution < 1.29 is 4.39 Å². The van der Waals surface area contributed by atoms with Crippen molar-refractivity contribution in [2.75, 3.05) is 5.32 Å². The molecule has 0 aliphatic carbocycles. The monoisotopic (exact) mass is 224 g/mol. The van der Waals surface area contributed by atoms with Gasteiger partial charge in [0.25, 0.3) is 0 Å². The molecule has 0 atom stereocenters. The Morgan fingerprint density at radius 1 is 1.33 bits per heavy atom. The molecule has 0 amide bonds. The Labute approximate surface area is 92.1 Å². The van der Waals surface area contributed by atoms with E-state index in [-0.39, 0.29) is 5.02 Å². The van der Waals surface area contributed by atoms with Gasteiger partial charge in [0, 0.05) is 24.6 Å². The van der Waals surface area contributed by atoms with Crippen molar-refractivity contribution in [1.29, 1.82) is 0 Å². The molecule has 0 unspecified atom stereocenters. The Morgan fingerprint density at radius 3 is 2.87 bits per heavy atom. The van der Waals surface area contributed by atoms with E-state index in [1.165, 1.54) is 12.1 Å². The number of hydrogen-bond donors (Lipinski definition) is 2. The first-order valence-electron chi connectivity index (χ1n) is 4.56. The fraction of sp³-hybridized carbons (Fsp3) is 0.0909. The summed E-state index contributed by atoms with van der Waals surface area (Å²) in [4.78, 5) is 2.95. The van der Waals surface area contributed by atoms with Crippen molar-refractivity contribution in [2.45, 2.75) is 6.54 Å². The molecule has 1 aromatic carbocycles. The molecule has 0 aliphatic heterocycles. The number of anilines is 1. The van der Waals surface area contributed by atoms with Crippen molar-refractivity contribution in [1.82, 2.24) is 4.98 Å². The lowest BCUT2D eigenvalue weighted by atomic mass is 10.3. The van der Waals surface area contributed by atoms with Gasteiger partial charge < -0.3 is 10.3 Å². The van der Waals surface area contributed by atoms with Gasteiger partial charge in [-0.15, -0.1) is 0 Å². The lowest BCUT2D eigenvalue weighted by Crippen LogP contribution is -1.98. The maximum atomic E-state index is 13.1. The fourth-order valence-electron chi connectivity index (χ4n) is 1.28. The predicted molar refractivity (Wildman–Crippen MR) is 59.5 cm³/mol. The zero-order valence-corrected chi connectivity index (χ0v) is 8.68. The average Bonchev–Trinajstić information content (AvgIpc) is 2.73. The van der Waals surface area contributed by atoms with Gasteiger partial charge in [0.1, 0.15) is 5.82 Å². The smallest absolute Gasteiger partial charge is 0.143 e. The highest BCUT2D eigenvalue weighted by atomic mass is 35.5. The standard InChI is InChI=1S/C11H10ClFN2/c12-10-2-1-9(5-11(10)13)15-7-8-3-4-14-6-8/h1-6,14-15H,7H2. The van der Waals surface area contributed by atoms with Crippen LogP contribution in [0, 0.1) is 5.82 Å². The second kappa shape index (κ2) is 4.36. The molecule has 0 saturated heterocycles. The highest BCUT2D eigenvalue weighted by molar-refractivity contribution is 6.30. The first-order chi connectivity index (χ1) is 7.25. The van der Waals surface area contributed by atoms with E-state index >= 15 is 0 Å². The summed E-state index contributed by atoms with van der Waals surface area (Å²) in [5.41, 5.74) is 1.84. The van der Waals surface area contributed by atoms with Gasteiger partial charge in [-0.3, -0.25) is 0 Å². The topological polar surface area (TPSA) is 27.8 Å². The summed E-state index contributed by atoms with van der Waals surface area (Å²) in [5, 5.41) is 3.24. The number of aromatic nitrogens is 1. The van der Waals surface area contributed by atoms with Crippen molar-refractivity contribution in [3.8, 4) is 0 Å². The van der Waals surface area contributed by atoms with Gasteiger partial charge >= 0.3 is 0 Å². The molecular weight excluding hydrogens is 215 g/mol. The molecule has 1 heterocycles.